The standard InChI is InChI=1S/C13H21N3S/c1-10-9-13(5-7-16(10)2,15-11-3-4-11)12-14-6-8-17-12/h6,8,10-11,15H,3-5,7,9H2,1-2H3. The minimum atomic E-state index is 0.154. The van der Waals surface area contributed by atoms with Gasteiger partial charge in [-0.2, -0.15) is 0 Å². The monoisotopic (exact) mass is 251 g/mol. The van der Waals surface area contributed by atoms with Gasteiger partial charge in [-0.05, 0) is 39.7 Å². The van der Waals surface area contributed by atoms with Gasteiger partial charge in [0.1, 0.15) is 5.01 Å². The van der Waals surface area contributed by atoms with Crippen molar-refractivity contribution in [1.29, 1.82) is 0 Å². The number of thiazole rings is 1. The van der Waals surface area contributed by atoms with E-state index < -0.39 is 0 Å². The molecule has 0 radical (unpaired) electrons. The van der Waals surface area contributed by atoms with Gasteiger partial charge in [-0.1, -0.05) is 0 Å². The predicted molar refractivity (Wildman–Crippen MR) is 71.3 cm³/mol. The molecule has 2 heterocycles. The largest absolute Gasteiger partial charge is 0.304 e. The van der Waals surface area contributed by atoms with Gasteiger partial charge in [-0.15, -0.1) is 11.3 Å². The van der Waals surface area contributed by atoms with Crippen molar-refractivity contribution in [3.63, 3.8) is 0 Å². The van der Waals surface area contributed by atoms with E-state index in [-0.39, 0.29) is 5.54 Å². The summed E-state index contributed by atoms with van der Waals surface area (Å²) in [5.41, 5.74) is 0.154. The first-order valence-corrected chi connectivity index (χ1v) is 7.45. The number of hydrogen-bond donors (Lipinski definition) is 1. The van der Waals surface area contributed by atoms with Crippen molar-refractivity contribution in [2.45, 2.75) is 50.2 Å². The Kier molecular flexibility index (Phi) is 2.97. The first kappa shape index (κ1) is 11.6. The van der Waals surface area contributed by atoms with Gasteiger partial charge in [0.15, 0.2) is 0 Å². The second-order valence-electron chi connectivity index (χ2n) is 5.62. The molecular weight excluding hydrogens is 230 g/mol. The number of piperidine rings is 1. The van der Waals surface area contributed by atoms with Gasteiger partial charge >= 0.3 is 0 Å². The van der Waals surface area contributed by atoms with Crippen LogP contribution in [0.1, 0.15) is 37.6 Å². The van der Waals surface area contributed by atoms with Crippen LogP contribution in [0.15, 0.2) is 11.6 Å². The molecule has 2 atom stereocenters. The van der Waals surface area contributed by atoms with Crippen LogP contribution in [0.25, 0.3) is 0 Å². The Hall–Kier alpha value is -0.450. The fraction of sp³-hybridized carbons (Fsp3) is 0.769. The summed E-state index contributed by atoms with van der Waals surface area (Å²) in [6, 6.07) is 1.38. The molecule has 3 nitrogen and oxygen atoms in total. The molecule has 17 heavy (non-hydrogen) atoms. The Bertz CT molecular complexity index is 374. The minimum absolute atomic E-state index is 0.154. The molecule has 94 valence electrons. The molecular formula is C13H21N3S. The molecule has 1 N–H and O–H groups in total. The predicted octanol–water partition coefficient (Wildman–Crippen LogP) is 2.20. The van der Waals surface area contributed by atoms with Crippen LogP contribution < -0.4 is 5.32 Å². The van der Waals surface area contributed by atoms with Crippen LogP contribution in [-0.2, 0) is 5.54 Å². The molecule has 0 amide bonds. The summed E-state index contributed by atoms with van der Waals surface area (Å²) in [6.07, 6.45) is 7.01. The third kappa shape index (κ3) is 2.26. The number of aromatic nitrogens is 1. The van der Waals surface area contributed by atoms with Gasteiger partial charge in [0.25, 0.3) is 0 Å². The van der Waals surface area contributed by atoms with E-state index in [1.54, 1.807) is 0 Å². The second-order valence-corrected chi connectivity index (χ2v) is 6.52. The van der Waals surface area contributed by atoms with E-state index in [2.05, 4.69) is 34.6 Å². The molecule has 2 aliphatic rings. The highest BCUT2D eigenvalue weighted by atomic mass is 32.1. The van der Waals surface area contributed by atoms with Crippen molar-refractivity contribution in [2.24, 2.45) is 0 Å². The summed E-state index contributed by atoms with van der Waals surface area (Å²) < 4.78 is 0. The summed E-state index contributed by atoms with van der Waals surface area (Å²) in [5.74, 6) is 0. The highest BCUT2D eigenvalue weighted by Crippen LogP contribution is 2.39. The Morgan fingerprint density at radius 2 is 2.35 bits per heavy atom. The lowest BCUT2D eigenvalue weighted by Gasteiger charge is -2.44. The van der Waals surface area contributed by atoms with E-state index >= 15 is 0 Å². The zero-order valence-electron chi connectivity index (χ0n) is 10.6. The van der Waals surface area contributed by atoms with Gasteiger partial charge in [-0.3, -0.25) is 0 Å². The fourth-order valence-electron chi connectivity index (χ4n) is 2.82. The van der Waals surface area contributed by atoms with E-state index in [1.807, 2.05) is 17.5 Å². The SMILES string of the molecule is CC1CC(NC2CC2)(c2nccs2)CCN1C. The maximum Gasteiger partial charge on any atom is 0.113 e. The first-order valence-electron chi connectivity index (χ1n) is 6.57. The van der Waals surface area contributed by atoms with Gasteiger partial charge in [-0.25, -0.2) is 4.98 Å². The highest BCUT2D eigenvalue weighted by Gasteiger charge is 2.43. The zero-order valence-corrected chi connectivity index (χ0v) is 11.5. The van der Waals surface area contributed by atoms with Crippen LogP contribution in [-0.4, -0.2) is 35.6 Å². The third-order valence-electron chi connectivity index (χ3n) is 4.19. The molecule has 1 saturated heterocycles. The Balaban J connectivity index is 1.85. The van der Waals surface area contributed by atoms with Gasteiger partial charge in [0.05, 0.1) is 5.54 Å². The molecule has 3 rings (SSSR count). The lowest BCUT2D eigenvalue weighted by molar-refractivity contribution is 0.104. The summed E-state index contributed by atoms with van der Waals surface area (Å²) >= 11 is 1.81. The molecule has 1 aromatic rings. The maximum atomic E-state index is 4.59. The van der Waals surface area contributed by atoms with Crippen molar-refractivity contribution in [3.05, 3.63) is 16.6 Å². The number of nitrogens with one attached hydrogen (secondary N) is 1. The number of hydrogen-bond acceptors (Lipinski definition) is 4. The quantitative estimate of drug-likeness (QED) is 0.892. The van der Waals surface area contributed by atoms with Crippen molar-refractivity contribution >= 4 is 11.3 Å². The molecule has 0 bridgehead atoms. The summed E-state index contributed by atoms with van der Waals surface area (Å²) in [6.45, 7) is 3.50. The van der Waals surface area contributed by atoms with E-state index in [1.165, 1.54) is 37.2 Å². The molecule has 0 spiro atoms. The molecule has 1 aromatic heterocycles. The Morgan fingerprint density at radius 3 is 2.94 bits per heavy atom. The number of likely N-dealkylation sites (tertiary alicyclic amines) is 1. The maximum absolute atomic E-state index is 4.59. The fourth-order valence-corrected chi connectivity index (χ4v) is 3.66. The number of rotatable bonds is 3. The van der Waals surface area contributed by atoms with Crippen molar-refractivity contribution in [3.8, 4) is 0 Å². The van der Waals surface area contributed by atoms with Gasteiger partial charge in [0, 0.05) is 30.2 Å². The van der Waals surface area contributed by atoms with E-state index in [0.29, 0.717) is 6.04 Å². The van der Waals surface area contributed by atoms with Crippen LogP contribution in [0.3, 0.4) is 0 Å². The molecule has 4 heteroatoms. The average Bonchev–Trinajstić information content (AvgIpc) is 2.95. The molecule has 2 fully saturated rings. The van der Waals surface area contributed by atoms with E-state index in [0.717, 1.165) is 6.04 Å². The molecule has 1 saturated carbocycles. The number of nitrogens with zero attached hydrogens (tertiary/aromatic N) is 2. The van der Waals surface area contributed by atoms with Gasteiger partial charge in [0.2, 0.25) is 0 Å². The molecule has 2 unspecified atom stereocenters. The highest BCUT2D eigenvalue weighted by molar-refractivity contribution is 7.09. The molecule has 1 aliphatic carbocycles. The van der Waals surface area contributed by atoms with Crippen LogP contribution in [0.5, 0.6) is 0 Å². The summed E-state index contributed by atoms with van der Waals surface area (Å²) in [5, 5.41) is 7.28. The van der Waals surface area contributed by atoms with Crippen LogP contribution in [0.4, 0.5) is 0 Å². The zero-order chi connectivity index (χ0) is 11.9. The summed E-state index contributed by atoms with van der Waals surface area (Å²) in [7, 11) is 2.23. The van der Waals surface area contributed by atoms with Crippen LogP contribution >= 0.6 is 11.3 Å². The second kappa shape index (κ2) is 4.34. The van der Waals surface area contributed by atoms with Gasteiger partial charge < -0.3 is 10.2 Å². The summed E-state index contributed by atoms with van der Waals surface area (Å²) in [4.78, 5) is 7.05. The Labute approximate surface area is 107 Å². The Morgan fingerprint density at radius 1 is 1.53 bits per heavy atom. The molecule has 0 aromatic carbocycles. The van der Waals surface area contributed by atoms with E-state index in [9.17, 15) is 0 Å². The van der Waals surface area contributed by atoms with E-state index in [4.69, 9.17) is 0 Å². The third-order valence-corrected chi connectivity index (χ3v) is 5.16. The van der Waals surface area contributed by atoms with Crippen molar-refractivity contribution in [1.82, 2.24) is 15.2 Å². The lowest BCUT2D eigenvalue weighted by Crippen LogP contribution is -2.54. The van der Waals surface area contributed by atoms with Crippen LogP contribution in [0, 0.1) is 0 Å². The smallest absolute Gasteiger partial charge is 0.113 e. The van der Waals surface area contributed by atoms with Crippen molar-refractivity contribution < 1.29 is 0 Å². The molecule has 1 aliphatic heterocycles. The normalized spacial score (nSPS) is 35.1. The van der Waals surface area contributed by atoms with Crippen molar-refractivity contribution in [2.75, 3.05) is 13.6 Å². The average molecular weight is 251 g/mol. The lowest BCUT2D eigenvalue weighted by atomic mass is 9.84. The topological polar surface area (TPSA) is 28.2 Å². The first-order chi connectivity index (χ1) is 8.20. The van der Waals surface area contributed by atoms with Crippen LogP contribution in [0.2, 0.25) is 0 Å². The minimum Gasteiger partial charge on any atom is -0.304 e.